The van der Waals surface area contributed by atoms with Crippen LogP contribution in [-0.4, -0.2) is 18.3 Å². The maximum absolute atomic E-state index is 8.94. The highest BCUT2D eigenvalue weighted by molar-refractivity contribution is 7.14. The fourth-order valence-corrected chi connectivity index (χ4v) is 2.47. The van der Waals surface area contributed by atoms with E-state index in [2.05, 4.69) is 31.5 Å². The molecule has 1 unspecified atom stereocenters. The summed E-state index contributed by atoms with van der Waals surface area (Å²) in [5.41, 5.74) is 1.36. The second-order valence-electron chi connectivity index (χ2n) is 4.92. The standard InChI is InChI=1S/C12H20ClNOS/c1-9(10-6-11(13)16-7-10)14-8-12(2,3)4-5-15/h6-7,9,14-15H,4-5,8H2,1-3H3. The average molecular weight is 262 g/mol. The molecule has 16 heavy (non-hydrogen) atoms. The van der Waals surface area contributed by atoms with Crippen LogP contribution in [-0.2, 0) is 0 Å². The molecule has 0 fully saturated rings. The number of hydrogen-bond acceptors (Lipinski definition) is 3. The van der Waals surface area contributed by atoms with Crippen molar-refractivity contribution in [3.8, 4) is 0 Å². The van der Waals surface area contributed by atoms with Gasteiger partial charge in [-0.05, 0) is 35.8 Å². The maximum atomic E-state index is 8.94. The van der Waals surface area contributed by atoms with Crippen molar-refractivity contribution in [1.29, 1.82) is 0 Å². The first-order valence-electron chi connectivity index (χ1n) is 5.53. The summed E-state index contributed by atoms with van der Waals surface area (Å²) >= 11 is 7.46. The van der Waals surface area contributed by atoms with Crippen molar-refractivity contribution < 1.29 is 5.11 Å². The van der Waals surface area contributed by atoms with E-state index in [0.29, 0.717) is 6.04 Å². The normalized spacial score (nSPS) is 14.1. The van der Waals surface area contributed by atoms with E-state index >= 15 is 0 Å². The van der Waals surface area contributed by atoms with Crippen molar-refractivity contribution >= 4 is 22.9 Å². The summed E-state index contributed by atoms with van der Waals surface area (Å²) in [6.45, 7) is 7.58. The number of hydrogen-bond donors (Lipinski definition) is 2. The van der Waals surface area contributed by atoms with Gasteiger partial charge in [0.05, 0.1) is 4.34 Å². The summed E-state index contributed by atoms with van der Waals surface area (Å²) in [6.07, 6.45) is 0.817. The molecule has 0 bridgehead atoms. The van der Waals surface area contributed by atoms with Crippen LogP contribution in [0.1, 0.15) is 38.8 Å². The second-order valence-corrected chi connectivity index (χ2v) is 6.47. The minimum Gasteiger partial charge on any atom is -0.396 e. The van der Waals surface area contributed by atoms with Crippen LogP contribution in [0.25, 0.3) is 0 Å². The summed E-state index contributed by atoms with van der Waals surface area (Å²) in [5, 5.41) is 14.5. The molecule has 0 spiro atoms. The molecule has 1 aromatic rings. The van der Waals surface area contributed by atoms with E-state index < -0.39 is 0 Å². The van der Waals surface area contributed by atoms with Gasteiger partial charge in [0.1, 0.15) is 0 Å². The monoisotopic (exact) mass is 261 g/mol. The SMILES string of the molecule is CC(NCC(C)(C)CCO)c1csc(Cl)c1. The number of aliphatic hydroxyl groups is 1. The van der Waals surface area contributed by atoms with E-state index in [1.807, 2.05) is 6.07 Å². The number of nitrogens with one attached hydrogen (secondary N) is 1. The molecule has 0 aliphatic rings. The molecule has 0 saturated carbocycles. The lowest BCUT2D eigenvalue weighted by atomic mass is 9.89. The summed E-state index contributed by atoms with van der Waals surface area (Å²) in [6, 6.07) is 2.31. The van der Waals surface area contributed by atoms with Crippen LogP contribution in [0.2, 0.25) is 4.34 Å². The molecule has 0 aliphatic carbocycles. The van der Waals surface area contributed by atoms with Crippen molar-refractivity contribution in [3.05, 3.63) is 21.3 Å². The topological polar surface area (TPSA) is 32.3 Å². The van der Waals surface area contributed by atoms with Crippen molar-refractivity contribution in [2.45, 2.75) is 33.2 Å². The Hall–Kier alpha value is -0.0900. The van der Waals surface area contributed by atoms with Gasteiger partial charge in [-0.25, -0.2) is 0 Å². The predicted octanol–water partition coefficient (Wildman–Crippen LogP) is 3.46. The van der Waals surface area contributed by atoms with Crippen molar-refractivity contribution in [1.82, 2.24) is 5.32 Å². The lowest BCUT2D eigenvalue weighted by Crippen LogP contribution is -2.31. The molecule has 1 atom stereocenters. The molecule has 2 nitrogen and oxygen atoms in total. The van der Waals surface area contributed by atoms with E-state index in [1.54, 1.807) is 11.3 Å². The Labute approximate surface area is 107 Å². The van der Waals surface area contributed by atoms with Gasteiger partial charge in [-0.1, -0.05) is 25.4 Å². The Kier molecular flexibility index (Phi) is 5.25. The summed E-state index contributed by atoms with van der Waals surface area (Å²) in [4.78, 5) is 0. The average Bonchev–Trinajstić information content (AvgIpc) is 2.61. The van der Waals surface area contributed by atoms with Crippen LogP contribution in [0.3, 0.4) is 0 Å². The van der Waals surface area contributed by atoms with Gasteiger partial charge in [-0.15, -0.1) is 11.3 Å². The van der Waals surface area contributed by atoms with Crippen LogP contribution in [0.15, 0.2) is 11.4 Å². The van der Waals surface area contributed by atoms with Gasteiger partial charge in [0, 0.05) is 19.2 Å². The first-order chi connectivity index (χ1) is 7.44. The molecule has 4 heteroatoms. The maximum Gasteiger partial charge on any atom is 0.0931 e. The fourth-order valence-electron chi connectivity index (χ4n) is 1.49. The van der Waals surface area contributed by atoms with E-state index in [0.717, 1.165) is 17.3 Å². The molecule has 0 aromatic carbocycles. The zero-order chi connectivity index (χ0) is 12.2. The van der Waals surface area contributed by atoms with E-state index in [9.17, 15) is 0 Å². The van der Waals surface area contributed by atoms with Crippen LogP contribution >= 0.6 is 22.9 Å². The summed E-state index contributed by atoms with van der Waals surface area (Å²) in [5.74, 6) is 0. The molecule has 1 rings (SSSR count). The van der Waals surface area contributed by atoms with Crippen molar-refractivity contribution in [2.24, 2.45) is 5.41 Å². The van der Waals surface area contributed by atoms with Gasteiger partial charge in [0.15, 0.2) is 0 Å². The fraction of sp³-hybridized carbons (Fsp3) is 0.667. The highest BCUT2D eigenvalue weighted by Crippen LogP contribution is 2.26. The lowest BCUT2D eigenvalue weighted by molar-refractivity contribution is 0.204. The number of aliphatic hydroxyl groups excluding tert-OH is 1. The molecule has 0 amide bonds. The molecule has 0 aliphatic heterocycles. The van der Waals surface area contributed by atoms with Gasteiger partial charge in [-0.3, -0.25) is 0 Å². The second kappa shape index (κ2) is 6.01. The summed E-state index contributed by atoms with van der Waals surface area (Å²) < 4.78 is 0.832. The molecule has 92 valence electrons. The van der Waals surface area contributed by atoms with Gasteiger partial charge >= 0.3 is 0 Å². The van der Waals surface area contributed by atoms with Gasteiger partial charge < -0.3 is 10.4 Å². The predicted molar refractivity (Wildman–Crippen MR) is 71.2 cm³/mol. The third-order valence-electron chi connectivity index (χ3n) is 2.76. The Bertz CT molecular complexity index is 325. The molecular weight excluding hydrogens is 242 g/mol. The zero-order valence-corrected chi connectivity index (χ0v) is 11.7. The minimum atomic E-state index is 0.128. The molecule has 1 aromatic heterocycles. The number of rotatable bonds is 6. The Morgan fingerprint density at radius 3 is 2.75 bits per heavy atom. The first-order valence-corrected chi connectivity index (χ1v) is 6.78. The first kappa shape index (κ1) is 14.0. The Balaban J connectivity index is 2.43. The van der Waals surface area contributed by atoms with Crippen molar-refractivity contribution in [2.75, 3.05) is 13.2 Å². The van der Waals surface area contributed by atoms with Gasteiger partial charge in [0.2, 0.25) is 0 Å². The highest BCUT2D eigenvalue weighted by Gasteiger charge is 2.18. The van der Waals surface area contributed by atoms with E-state index in [-0.39, 0.29) is 12.0 Å². The molecular formula is C12H20ClNOS. The molecule has 1 heterocycles. The smallest absolute Gasteiger partial charge is 0.0931 e. The van der Waals surface area contributed by atoms with Crippen molar-refractivity contribution in [3.63, 3.8) is 0 Å². The Morgan fingerprint density at radius 1 is 1.56 bits per heavy atom. The quantitative estimate of drug-likeness (QED) is 0.822. The van der Waals surface area contributed by atoms with Gasteiger partial charge in [-0.2, -0.15) is 0 Å². The molecule has 0 saturated heterocycles. The third kappa shape index (κ3) is 4.42. The largest absolute Gasteiger partial charge is 0.396 e. The van der Waals surface area contributed by atoms with E-state index in [1.165, 1.54) is 5.56 Å². The molecule has 0 radical (unpaired) electrons. The van der Waals surface area contributed by atoms with Gasteiger partial charge in [0.25, 0.3) is 0 Å². The van der Waals surface area contributed by atoms with Crippen LogP contribution in [0.5, 0.6) is 0 Å². The number of thiophene rings is 1. The summed E-state index contributed by atoms with van der Waals surface area (Å²) in [7, 11) is 0. The van der Waals surface area contributed by atoms with Crippen LogP contribution in [0, 0.1) is 5.41 Å². The third-order valence-corrected chi connectivity index (χ3v) is 3.87. The lowest BCUT2D eigenvalue weighted by Gasteiger charge is -2.26. The highest BCUT2D eigenvalue weighted by atomic mass is 35.5. The van der Waals surface area contributed by atoms with Crippen LogP contribution in [0.4, 0.5) is 0 Å². The number of halogens is 1. The van der Waals surface area contributed by atoms with E-state index in [4.69, 9.17) is 16.7 Å². The zero-order valence-electron chi connectivity index (χ0n) is 10.1. The Morgan fingerprint density at radius 2 is 2.25 bits per heavy atom. The molecule has 2 N–H and O–H groups in total. The van der Waals surface area contributed by atoms with Crippen LogP contribution < -0.4 is 5.32 Å². The minimum absolute atomic E-state index is 0.128.